The molecule has 1 saturated carbocycles. The van der Waals surface area contributed by atoms with Crippen molar-refractivity contribution in [3.05, 3.63) is 0 Å². The maximum atomic E-state index is 5.90. The average Bonchev–Trinajstić information content (AvgIpc) is 2.95. The van der Waals surface area contributed by atoms with E-state index >= 15 is 0 Å². The van der Waals surface area contributed by atoms with E-state index in [1.54, 1.807) is 0 Å². The molecule has 0 radical (unpaired) electrons. The van der Waals surface area contributed by atoms with Crippen LogP contribution in [0.1, 0.15) is 46.0 Å². The molecular weight excluding hydrogens is 282 g/mol. The summed E-state index contributed by atoms with van der Waals surface area (Å²) in [5, 5.41) is 3.49. The third kappa shape index (κ3) is 5.70. The van der Waals surface area contributed by atoms with E-state index < -0.39 is 0 Å². The number of ether oxygens (including phenoxy) is 1. The Bertz CT molecular complexity index is 340. The molecule has 0 aromatic rings. The van der Waals surface area contributed by atoms with Gasteiger partial charge in [-0.1, -0.05) is 12.8 Å². The van der Waals surface area contributed by atoms with Gasteiger partial charge in [-0.2, -0.15) is 11.8 Å². The van der Waals surface area contributed by atoms with Crippen molar-refractivity contribution in [2.45, 2.75) is 56.8 Å². The first-order valence-electron chi connectivity index (χ1n) is 8.32. The molecule has 0 atom stereocenters. The third-order valence-electron chi connectivity index (χ3n) is 4.20. The maximum Gasteiger partial charge on any atom is 0.193 e. The van der Waals surface area contributed by atoms with E-state index in [4.69, 9.17) is 4.74 Å². The Hall–Kier alpha value is -0.420. The van der Waals surface area contributed by atoms with Crippen LogP contribution in [0.25, 0.3) is 0 Å². The van der Waals surface area contributed by atoms with Gasteiger partial charge in [0.2, 0.25) is 0 Å². The van der Waals surface area contributed by atoms with Crippen LogP contribution >= 0.6 is 11.8 Å². The van der Waals surface area contributed by atoms with Gasteiger partial charge in [-0.15, -0.1) is 0 Å². The number of thioether (sulfide) groups is 1. The van der Waals surface area contributed by atoms with Crippen molar-refractivity contribution in [1.29, 1.82) is 0 Å². The zero-order chi connectivity index (χ0) is 15.1. The quantitative estimate of drug-likeness (QED) is 0.481. The Morgan fingerprint density at radius 2 is 2.14 bits per heavy atom. The summed E-state index contributed by atoms with van der Waals surface area (Å²) in [6, 6.07) is 0. The van der Waals surface area contributed by atoms with Gasteiger partial charge in [0.1, 0.15) is 0 Å². The van der Waals surface area contributed by atoms with Crippen LogP contribution in [0.4, 0.5) is 0 Å². The van der Waals surface area contributed by atoms with Crippen LogP contribution in [0.5, 0.6) is 0 Å². The molecule has 1 heterocycles. The lowest BCUT2D eigenvalue weighted by molar-refractivity contribution is 0.0573. The molecular formula is C16H31N3OS. The van der Waals surface area contributed by atoms with Crippen LogP contribution in [0.15, 0.2) is 4.99 Å². The first-order valence-corrected chi connectivity index (χ1v) is 9.30. The second-order valence-electron chi connectivity index (χ2n) is 6.63. The van der Waals surface area contributed by atoms with Gasteiger partial charge in [-0.05, 0) is 33.1 Å². The molecule has 1 saturated heterocycles. The number of aliphatic imine (C=N–C) groups is 1. The molecule has 0 unspecified atom stereocenters. The van der Waals surface area contributed by atoms with Gasteiger partial charge in [0.25, 0.3) is 0 Å². The fourth-order valence-electron chi connectivity index (χ4n) is 3.11. The molecule has 122 valence electrons. The number of nitrogens with one attached hydrogen (secondary N) is 1. The van der Waals surface area contributed by atoms with Crippen molar-refractivity contribution >= 4 is 17.7 Å². The molecule has 21 heavy (non-hydrogen) atoms. The van der Waals surface area contributed by atoms with Gasteiger partial charge < -0.3 is 15.0 Å². The van der Waals surface area contributed by atoms with E-state index in [1.807, 2.05) is 7.05 Å². The van der Waals surface area contributed by atoms with Crippen molar-refractivity contribution in [3.8, 4) is 0 Å². The second-order valence-corrected chi connectivity index (χ2v) is 8.44. The predicted molar refractivity (Wildman–Crippen MR) is 92.3 cm³/mol. The van der Waals surface area contributed by atoms with Gasteiger partial charge in [0, 0.05) is 43.8 Å². The Balaban J connectivity index is 1.63. The van der Waals surface area contributed by atoms with Crippen LogP contribution in [0, 0.1) is 0 Å². The smallest absolute Gasteiger partial charge is 0.193 e. The van der Waals surface area contributed by atoms with Crippen LogP contribution in [-0.4, -0.2) is 60.8 Å². The summed E-state index contributed by atoms with van der Waals surface area (Å²) < 4.78 is 6.22. The van der Waals surface area contributed by atoms with Crippen LogP contribution < -0.4 is 5.32 Å². The standard InChI is InChI=1S/C16H31N3OS/c1-16(2)13-19(10-12-21-16)15(17-3)18-9-6-11-20-14-7-4-5-8-14/h14H,4-13H2,1-3H3,(H,17,18). The van der Waals surface area contributed by atoms with Gasteiger partial charge in [-0.3, -0.25) is 4.99 Å². The zero-order valence-electron chi connectivity index (χ0n) is 13.9. The molecule has 0 aromatic heterocycles. The first kappa shape index (κ1) is 16.9. The summed E-state index contributed by atoms with van der Waals surface area (Å²) in [7, 11) is 1.88. The lowest BCUT2D eigenvalue weighted by atomic mass is 10.2. The van der Waals surface area contributed by atoms with E-state index in [1.165, 1.54) is 31.4 Å². The van der Waals surface area contributed by atoms with E-state index in [0.717, 1.165) is 38.6 Å². The third-order valence-corrected chi connectivity index (χ3v) is 5.49. The fourth-order valence-corrected chi connectivity index (χ4v) is 4.22. The number of nitrogens with zero attached hydrogens (tertiary/aromatic N) is 2. The van der Waals surface area contributed by atoms with Crippen LogP contribution in [0.3, 0.4) is 0 Å². The van der Waals surface area contributed by atoms with Crippen LogP contribution in [0.2, 0.25) is 0 Å². The Morgan fingerprint density at radius 1 is 1.38 bits per heavy atom. The minimum absolute atomic E-state index is 0.321. The monoisotopic (exact) mass is 313 g/mol. The van der Waals surface area contributed by atoms with Crippen molar-refractivity contribution in [3.63, 3.8) is 0 Å². The molecule has 4 nitrogen and oxygen atoms in total. The molecule has 0 bridgehead atoms. The van der Waals surface area contributed by atoms with Gasteiger partial charge >= 0.3 is 0 Å². The SMILES string of the molecule is CN=C(NCCCOC1CCCC1)N1CCSC(C)(C)C1. The summed E-state index contributed by atoms with van der Waals surface area (Å²) in [4.78, 5) is 6.82. The minimum Gasteiger partial charge on any atom is -0.378 e. The predicted octanol–water partition coefficient (Wildman–Crippen LogP) is 2.74. The Labute approximate surface area is 134 Å². The molecule has 0 aromatic carbocycles. The van der Waals surface area contributed by atoms with E-state index in [9.17, 15) is 0 Å². The Kier molecular flexibility index (Phi) is 6.68. The highest BCUT2D eigenvalue weighted by molar-refractivity contribution is 8.00. The van der Waals surface area contributed by atoms with Crippen molar-refractivity contribution in [1.82, 2.24) is 10.2 Å². The van der Waals surface area contributed by atoms with Crippen molar-refractivity contribution in [2.24, 2.45) is 4.99 Å². The molecule has 1 N–H and O–H groups in total. The highest BCUT2D eigenvalue weighted by atomic mass is 32.2. The first-order chi connectivity index (χ1) is 10.1. The Morgan fingerprint density at radius 3 is 2.81 bits per heavy atom. The molecule has 5 heteroatoms. The van der Waals surface area contributed by atoms with Gasteiger partial charge in [0.05, 0.1) is 6.10 Å². The summed E-state index contributed by atoms with van der Waals surface area (Å²) >= 11 is 2.05. The van der Waals surface area contributed by atoms with E-state index in [-0.39, 0.29) is 0 Å². The minimum atomic E-state index is 0.321. The number of hydrogen-bond acceptors (Lipinski definition) is 3. The molecule has 0 spiro atoms. The molecule has 2 fully saturated rings. The molecule has 2 aliphatic rings. The van der Waals surface area contributed by atoms with E-state index in [2.05, 4.69) is 40.8 Å². The lowest BCUT2D eigenvalue weighted by Crippen LogP contribution is -2.51. The summed E-state index contributed by atoms with van der Waals surface area (Å²) in [6.07, 6.45) is 6.80. The van der Waals surface area contributed by atoms with E-state index in [0.29, 0.717) is 10.9 Å². The lowest BCUT2D eigenvalue weighted by Gasteiger charge is -2.39. The van der Waals surface area contributed by atoms with Gasteiger partial charge in [-0.25, -0.2) is 0 Å². The molecule has 0 amide bonds. The number of rotatable bonds is 5. The highest BCUT2D eigenvalue weighted by Gasteiger charge is 2.28. The van der Waals surface area contributed by atoms with Crippen molar-refractivity contribution in [2.75, 3.05) is 39.0 Å². The number of hydrogen-bond donors (Lipinski definition) is 1. The summed E-state index contributed by atoms with van der Waals surface area (Å²) in [6.45, 7) is 8.60. The molecule has 1 aliphatic heterocycles. The number of guanidine groups is 1. The largest absolute Gasteiger partial charge is 0.378 e. The second kappa shape index (κ2) is 8.28. The normalized spacial score (nSPS) is 23.6. The highest BCUT2D eigenvalue weighted by Crippen LogP contribution is 2.29. The van der Waals surface area contributed by atoms with Crippen molar-refractivity contribution < 1.29 is 4.74 Å². The molecule has 1 aliphatic carbocycles. The topological polar surface area (TPSA) is 36.9 Å². The average molecular weight is 314 g/mol. The summed E-state index contributed by atoms with van der Waals surface area (Å²) in [5.74, 6) is 2.22. The van der Waals surface area contributed by atoms with Crippen LogP contribution in [-0.2, 0) is 4.74 Å². The van der Waals surface area contributed by atoms with Gasteiger partial charge in [0.15, 0.2) is 5.96 Å². The maximum absolute atomic E-state index is 5.90. The molecule has 2 rings (SSSR count). The summed E-state index contributed by atoms with van der Waals surface area (Å²) in [5.41, 5.74) is 0. The fraction of sp³-hybridized carbons (Fsp3) is 0.938. The zero-order valence-corrected chi connectivity index (χ0v) is 14.7.